The molecule has 2 aromatic carbocycles. The van der Waals surface area contributed by atoms with Gasteiger partial charge in [-0.05, 0) is 58.0 Å². The smallest absolute Gasteiger partial charge is 0.276 e. The highest BCUT2D eigenvalue weighted by atomic mass is 32.2. The number of thiazole rings is 1. The van der Waals surface area contributed by atoms with Crippen molar-refractivity contribution < 1.29 is 13.2 Å². The van der Waals surface area contributed by atoms with E-state index in [-0.39, 0.29) is 28.6 Å². The number of fused-ring (bicyclic) bond motifs is 2. The zero-order chi connectivity index (χ0) is 23.0. The summed E-state index contributed by atoms with van der Waals surface area (Å²) >= 11 is 1.23. The molecule has 0 aliphatic rings. The Morgan fingerprint density at radius 1 is 0.938 bits per heavy atom. The number of carbonyl (C=O) groups excluding carboxylic acids is 1. The maximum atomic E-state index is 13.2. The van der Waals surface area contributed by atoms with Crippen LogP contribution in [0.4, 0.5) is 5.13 Å². The van der Waals surface area contributed by atoms with E-state index in [0.717, 1.165) is 10.9 Å². The van der Waals surface area contributed by atoms with Crippen molar-refractivity contribution in [2.45, 2.75) is 44.7 Å². The van der Waals surface area contributed by atoms with E-state index in [1.165, 1.54) is 15.6 Å². The third-order valence-corrected chi connectivity index (χ3v) is 8.19. The van der Waals surface area contributed by atoms with Gasteiger partial charge < -0.3 is 0 Å². The van der Waals surface area contributed by atoms with Crippen LogP contribution in [0.5, 0.6) is 0 Å². The highest BCUT2D eigenvalue weighted by molar-refractivity contribution is 7.89. The number of anilines is 1. The van der Waals surface area contributed by atoms with Crippen LogP contribution in [0.25, 0.3) is 21.1 Å². The number of sulfonamides is 1. The van der Waals surface area contributed by atoms with Crippen LogP contribution in [0, 0.1) is 0 Å². The summed E-state index contributed by atoms with van der Waals surface area (Å²) in [4.78, 5) is 21.7. The van der Waals surface area contributed by atoms with Gasteiger partial charge in [0.15, 0.2) is 5.13 Å². The minimum absolute atomic E-state index is 0.165. The second kappa shape index (κ2) is 8.57. The Bertz CT molecular complexity index is 1400. The lowest BCUT2D eigenvalue weighted by atomic mass is 10.2. The molecule has 1 amide bonds. The molecule has 0 aliphatic carbocycles. The molecule has 32 heavy (non-hydrogen) atoms. The van der Waals surface area contributed by atoms with E-state index < -0.39 is 10.0 Å². The lowest BCUT2D eigenvalue weighted by Crippen LogP contribution is -2.41. The number of nitrogens with one attached hydrogen (secondary N) is 1. The zero-order valence-corrected chi connectivity index (χ0v) is 19.9. The maximum absolute atomic E-state index is 13.2. The molecule has 7 nitrogen and oxygen atoms in total. The second-order valence-electron chi connectivity index (χ2n) is 8.01. The molecule has 0 atom stereocenters. The highest BCUT2D eigenvalue weighted by Crippen LogP contribution is 2.30. The van der Waals surface area contributed by atoms with Crippen molar-refractivity contribution in [3.63, 3.8) is 0 Å². The molecule has 9 heteroatoms. The van der Waals surface area contributed by atoms with Crippen molar-refractivity contribution in [1.82, 2.24) is 14.3 Å². The molecule has 0 fully saturated rings. The Morgan fingerprint density at radius 3 is 2.38 bits per heavy atom. The second-order valence-corrected chi connectivity index (χ2v) is 10.9. The number of nitrogens with zero attached hydrogens (tertiary/aromatic N) is 3. The Morgan fingerprint density at radius 2 is 1.66 bits per heavy atom. The Hall–Kier alpha value is -2.88. The third kappa shape index (κ3) is 4.23. The lowest BCUT2D eigenvalue weighted by Gasteiger charge is -2.29. The van der Waals surface area contributed by atoms with Gasteiger partial charge in [0.25, 0.3) is 5.91 Å². The molecule has 0 unspecified atom stereocenters. The fraction of sp³-hybridized carbons (Fsp3) is 0.261. The van der Waals surface area contributed by atoms with Crippen LogP contribution in [0.15, 0.2) is 59.5 Å². The van der Waals surface area contributed by atoms with E-state index in [2.05, 4.69) is 15.3 Å². The molecule has 0 saturated carbocycles. The molecule has 2 heterocycles. The molecule has 2 aromatic heterocycles. The number of amides is 1. The zero-order valence-electron chi connectivity index (χ0n) is 18.2. The number of hydrogen-bond donors (Lipinski definition) is 1. The first kappa shape index (κ1) is 22.3. The molecule has 0 saturated heterocycles. The van der Waals surface area contributed by atoms with Crippen LogP contribution in [0.2, 0.25) is 0 Å². The van der Waals surface area contributed by atoms with E-state index in [1.807, 2.05) is 58.0 Å². The van der Waals surface area contributed by atoms with Crippen LogP contribution in [-0.4, -0.2) is 40.7 Å². The number of para-hydroxylation sites is 1. The normalized spacial score (nSPS) is 12.3. The predicted octanol–water partition coefficient (Wildman–Crippen LogP) is 4.90. The van der Waals surface area contributed by atoms with Crippen LogP contribution in [-0.2, 0) is 10.0 Å². The van der Waals surface area contributed by atoms with Gasteiger partial charge in [-0.1, -0.05) is 35.6 Å². The van der Waals surface area contributed by atoms with Gasteiger partial charge in [0, 0.05) is 17.5 Å². The standard InChI is InChI=1S/C23H24N4O3S2/c1-14(2)27(15(3)4)32(29,30)17-10-12-19-21(13-17)31-23(25-19)26-22(28)20-11-9-16-7-5-6-8-18(16)24-20/h5-15H,1-4H3,(H,25,26,28). The van der Waals surface area contributed by atoms with E-state index in [1.54, 1.807) is 24.3 Å². The summed E-state index contributed by atoms with van der Waals surface area (Å²) in [5, 5.41) is 4.12. The quantitative estimate of drug-likeness (QED) is 0.434. The number of carbonyl (C=O) groups is 1. The first-order valence-electron chi connectivity index (χ1n) is 10.3. The topological polar surface area (TPSA) is 92.3 Å². The number of rotatable bonds is 6. The molecule has 4 rings (SSSR count). The minimum Gasteiger partial charge on any atom is -0.296 e. The number of pyridine rings is 1. The maximum Gasteiger partial charge on any atom is 0.276 e. The SMILES string of the molecule is CC(C)N(C(C)C)S(=O)(=O)c1ccc2nc(NC(=O)c3ccc4ccccc4n3)sc2c1. The van der Waals surface area contributed by atoms with Gasteiger partial charge in [0.2, 0.25) is 10.0 Å². The number of hydrogen-bond acceptors (Lipinski definition) is 6. The Labute approximate surface area is 191 Å². The first-order chi connectivity index (χ1) is 15.2. The molecule has 0 aliphatic heterocycles. The first-order valence-corrected chi connectivity index (χ1v) is 12.5. The third-order valence-electron chi connectivity index (χ3n) is 5.00. The van der Waals surface area contributed by atoms with Crippen LogP contribution in [0.3, 0.4) is 0 Å². The summed E-state index contributed by atoms with van der Waals surface area (Å²) < 4.78 is 28.5. The summed E-state index contributed by atoms with van der Waals surface area (Å²) in [6.07, 6.45) is 0. The highest BCUT2D eigenvalue weighted by Gasteiger charge is 2.29. The van der Waals surface area contributed by atoms with Gasteiger partial charge in [-0.25, -0.2) is 18.4 Å². The summed E-state index contributed by atoms with van der Waals surface area (Å²) in [5.74, 6) is -0.367. The van der Waals surface area contributed by atoms with Gasteiger partial charge in [-0.2, -0.15) is 4.31 Å². The Balaban J connectivity index is 1.62. The number of benzene rings is 2. The monoisotopic (exact) mass is 468 g/mol. The van der Waals surface area contributed by atoms with E-state index in [4.69, 9.17) is 0 Å². The molecule has 0 spiro atoms. The molecule has 0 bridgehead atoms. The fourth-order valence-corrected chi connectivity index (χ4v) is 6.58. The van der Waals surface area contributed by atoms with Gasteiger partial charge in [0.1, 0.15) is 5.69 Å². The van der Waals surface area contributed by atoms with Crippen LogP contribution < -0.4 is 5.32 Å². The van der Waals surface area contributed by atoms with Gasteiger partial charge in [0.05, 0.1) is 20.6 Å². The predicted molar refractivity (Wildman–Crippen MR) is 129 cm³/mol. The van der Waals surface area contributed by atoms with Gasteiger partial charge in [-0.3, -0.25) is 10.1 Å². The molecule has 1 N–H and O–H groups in total. The molecule has 0 radical (unpaired) electrons. The van der Waals surface area contributed by atoms with Crippen molar-refractivity contribution >= 4 is 53.5 Å². The molecular weight excluding hydrogens is 444 g/mol. The average Bonchev–Trinajstić information content (AvgIpc) is 3.13. The summed E-state index contributed by atoms with van der Waals surface area (Å²) in [6.45, 7) is 7.43. The fourth-order valence-electron chi connectivity index (χ4n) is 3.75. The Kier molecular flexibility index (Phi) is 5.98. The van der Waals surface area contributed by atoms with Gasteiger partial charge >= 0.3 is 0 Å². The van der Waals surface area contributed by atoms with Gasteiger partial charge in [-0.15, -0.1) is 0 Å². The molecular formula is C23H24N4O3S2. The molecule has 4 aromatic rings. The van der Waals surface area contributed by atoms with Crippen molar-refractivity contribution in [3.05, 3.63) is 60.3 Å². The van der Waals surface area contributed by atoms with Crippen LogP contribution in [0.1, 0.15) is 38.2 Å². The lowest BCUT2D eigenvalue weighted by molar-refractivity contribution is 0.102. The number of aromatic nitrogens is 2. The van der Waals surface area contributed by atoms with E-state index in [9.17, 15) is 13.2 Å². The summed E-state index contributed by atoms with van der Waals surface area (Å²) in [6, 6.07) is 15.6. The van der Waals surface area contributed by atoms with Crippen LogP contribution >= 0.6 is 11.3 Å². The summed E-state index contributed by atoms with van der Waals surface area (Å²) in [7, 11) is -3.65. The minimum atomic E-state index is -3.65. The van der Waals surface area contributed by atoms with Crippen molar-refractivity contribution in [1.29, 1.82) is 0 Å². The summed E-state index contributed by atoms with van der Waals surface area (Å²) in [5.41, 5.74) is 1.64. The largest absolute Gasteiger partial charge is 0.296 e. The van der Waals surface area contributed by atoms with E-state index in [0.29, 0.717) is 15.3 Å². The molecule has 166 valence electrons. The van der Waals surface area contributed by atoms with Crippen molar-refractivity contribution in [2.24, 2.45) is 0 Å². The average molecular weight is 469 g/mol. The van der Waals surface area contributed by atoms with Crippen molar-refractivity contribution in [3.8, 4) is 0 Å². The van der Waals surface area contributed by atoms with Crippen molar-refractivity contribution in [2.75, 3.05) is 5.32 Å². The van der Waals surface area contributed by atoms with E-state index >= 15 is 0 Å².